The number of likely N-dealkylation sites (tertiary alicyclic amines) is 1. The fourth-order valence-corrected chi connectivity index (χ4v) is 2.37. The van der Waals surface area contributed by atoms with Gasteiger partial charge in [-0.15, -0.1) is 0 Å². The second kappa shape index (κ2) is 4.17. The number of hydrogen-bond acceptors (Lipinski definition) is 3. The molecule has 1 saturated heterocycles. The van der Waals surface area contributed by atoms with Crippen molar-refractivity contribution in [1.29, 1.82) is 0 Å². The van der Waals surface area contributed by atoms with E-state index >= 15 is 0 Å². The van der Waals surface area contributed by atoms with Crippen molar-refractivity contribution in [3.8, 4) is 0 Å². The van der Waals surface area contributed by atoms with Gasteiger partial charge in [-0.05, 0) is 38.6 Å². The molecule has 0 amide bonds. The molecule has 1 heterocycles. The van der Waals surface area contributed by atoms with Gasteiger partial charge in [-0.2, -0.15) is 0 Å². The van der Waals surface area contributed by atoms with Gasteiger partial charge in [0.05, 0.1) is 5.60 Å². The van der Waals surface area contributed by atoms with Crippen LogP contribution in [0.5, 0.6) is 0 Å². The lowest BCUT2D eigenvalue weighted by atomic mass is 10.0. The predicted molar refractivity (Wildman–Crippen MR) is 57.1 cm³/mol. The summed E-state index contributed by atoms with van der Waals surface area (Å²) in [5.74, 6) is 0. The molecule has 3 heteroatoms. The molecular formula is C11H22N2O. The van der Waals surface area contributed by atoms with Crippen molar-refractivity contribution in [3.63, 3.8) is 0 Å². The first-order valence-electron chi connectivity index (χ1n) is 5.90. The summed E-state index contributed by atoms with van der Waals surface area (Å²) in [7, 11) is 0. The zero-order valence-corrected chi connectivity index (χ0v) is 8.91. The highest BCUT2D eigenvalue weighted by Gasteiger charge is 2.40. The molecule has 2 rings (SSSR count). The summed E-state index contributed by atoms with van der Waals surface area (Å²) < 4.78 is 0. The predicted octanol–water partition coefficient (Wildman–Crippen LogP) is 0.715. The van der Waals surface area contributed by atoms with Crippen molar-refractivity contribution < 1.29 is 5.11 Å². The quantitative estimate of drug-likeness (QED) is 0.699. The molecule has 0 aromatic heterocycles. The number of aliphatic hydroxyl groups is 1. The lowest BCUT2D eigenvalue weighted by Crippen LogP contribution is -2.45. The Morgan fingerprint density at radius 3 is 2.79 bits per heavy atom. The molecule has 0 radical (unpaired) electrons. The minimum Gasteiger partial charge on any atom is -0.390 e. The topological polar surface area (TPSA) is 49.5 Å². The number of nitrogens with zero attached hydrogens (tertiary/aromatic N) is 1. The van der Waals surface area contributed by atoms with Gasteiger partial charge in [-0.25, -0.2) is 0 Å². The third-order valence-corrected chi connectivity index (χ3v) is 3.71. The molecule has 14 heavy (non-hydrogen) atoms. The zero-order chi connectivity index (χ0) is 10.0. The van der Waals surface area contributed by atoms with Crippen molar-refractivity contribution in [3.05, 3.63) is 0 Å². The van der Waals surface area contributed by atoms with E-state index in [9.17, 15) is 5.11 Å². The summed E-state index contributed by atoms with van der Waals surface area (Å²) in [6, 6.07) is 0.575. The molecule has 1 saturated carbocycles. The van der Waals surface area contributed by atoms with Crippen LogP contribution in [0, 0.1) is 0 Å². The molecule has 1 aliphatic carbocycles. The maximum absolute atomic E-state index is 9.76. The third-order valence-electron chi connectivity index (χ3n) is 3.71. The molecule has 1 atom stereocenters. The molecule has 0 spiro atoms. The largest absolute Gasteiger partial charge is 0.390 e. The van der Waals surface area contributed by atoms with Crippen LogP contribution < -0.4 is 5.73 Å². The van der Waals surface area contributed by atoms with Crippen LogP contribution in [0.2, 0.25) is 0 Å². The van der Waals surface area contributed by atoms with Crippen molar-refractivity contribution >= 4 is 0 Å². The Morgan fingerprint density at radius 1 is 1.36 bits per heavy atom. The van der Waals surface area contributed by atoms with Crippen molar-refractivity contribution in [2.45, 2.75) is 50.2 Å². The highest BCUT2D eigenvalue weighted by Crippen LogP contribution is 2.38. The normalized spacial score (nSPS) is 31.7. The van der Waals surface area contributed by atoms with E-state index in [4.69, 9.17) is 5.73 Å². The summed E-state index contributed by atoms with van der Waals surface area (Å²) in [6.45, 7) is 2.99. The van der Waals surface area contributed by atoms with E-state index in [0.29, 0.717) is 6.04 Å². The van der Waals surface area contributed by atoms with E-state index in [1.807, 2.05) is 0 Å². The van der Waals surface area contributed by atoms with Crippen LogP contribution in [0.1, 0.15) is 38.5 Å². The lowest BCUT2D eigenvalue weighted by Gasteiger charge is -2.35. The average molecular weight is 198 g/mol. The van der Waals surface area contributed by atoms with Gasteiger partial charge < -0.3 is 10.8 Å². The van der Waals surface area contributed by atoms with E-state index in [0.717, 1.165) is 32.4 Å². The first-order chi connectivity index (χ1) is 6.73. The summed E-state index contributed by atoms with van der Waals surface area (Å²) in [4.78, 5) is 2.47. The molecule has 3 nitrogen and oxygen atoms in total. The van der Waals surface area contributed by atoms with Gasteiger partial charge in [0.25, 0.3) is 0 Å². The summed E-state index contributed by atoms with van der Waals surface area (Å²) in [5.41, 5.74) is 5.45. The van der Waals surface area contributed by atoms with Gasteiger partial charge >= 0.3 is 0 Å². The second-order valence-electron chi connectivity index (χ2n) is 4.90. The summed E-state index contributed by atoms with van der Waals surface area (Å²) in [5, 5.41) is 9.76. The molecule has 2 aliphatic rings. The Kier molecular flexibility index (Phi) is 3.10. The van der Waals surface area contributed by atoms with E-state index in [1.54, 1.807) is 0 Å². The molecule has 82 valence electrons. The number of hydrogen-bond donors (Lipinski definition) is 2. The van der Waals surface area contributed by atoms with Gasteiger partial charge in [0.15, 0.2) is 0 Å². The van der Waals surface area contributed by atoms with Gasteiger partial charge in [0.2, 0.25) is 0 Å². The van der Waals surface area contributed by atoms with Crippen LogP contribution in [-0.4, -0.2) is 41.3 Å². The molecule has 2 fully saturated rings. The van der Waals surface area contributed by atoms with E-state index < -0.39 is 0 Å². The molecule has 1 unspecified atom stereocenters. The van der Waals surface area contributed by atoms with Crippen LogP contribution >= 0.6 is 0 Å². The zero-order valence-electron chi connectivity index (χ0n) is 8.91. The van der Waals surface area contributed by atoms with Crippen LogP contribution in [0.15, 0.2) is 0 Å². The van der Waals surface area contributed by atoms with Crippen molar-refractivity contribution in [2.24, 2.45) is 5.73 Å². The van der Waals surface area contributed by atoms with E-state index in [-0.39, 0.29) is 5.60 Å². The van der Waals surface area contributed by atoms with Crippen LogP contribution in [0.3, 0.4) is 0 Å². The molecule has 0 bridgehead atoms. The first-order valence-corrected chi connectivity index (χ1v) is 5.90. The molecule has 1 aliphatic heterocycles. The number of piperidine rings is 1. The molecular weight excluding hydrogens is 176 g/mol. The average Bonchev–Trinajstić information content (AvgIpc) is 2.95. The SMILES string of the molecule is NCC1CCCCN1CCC1(O)CC1. The molecule has 0 aromatic rings. The minimum atomic E-state index is -0.295. The second-order valence-corrected chi connectivity index (χ2v) is 4.90. The van der Waals surface area contributed by atoms with Crippen molar-refractivity contribution in [1.82, 2.24) is 4.90 Å². The Labute approximate surface area is 86.3 Å². The Morgan fingerprint density at radius 2 is 2.14 bits per heavy atom. The Bertz CT molecular complexity index is 192. The fraction of sp³-hybridized carbons (Fsp3) is 1.00. The van der Waals surface area contributed by atoms with Crippen molar-refractivity contribution in [2.75, 3.05) is 19.6 Å². The third kappa shape index (κ3) is 2.47. The highest BCUT2D eigenvalue weighted by molar-refractivity contribution is 4.94. The monoisotopic (exact) mass is 198 g/mol. The Hall–Kier alpha value is -0.120. The lowest BCUT2D eigenvalue weighted by molar-refractivity contribution is 0.0917. The van der Waals surface area contributed by atoms with Gasteiger partial charge in [-0.1, -0.05) is 6.42 Å². The molecule has 3 N–H and O–H groups in total. The minimum absolute atomic E-state index is 0.295. The fourth-order valence-electron chi connectivity index (χ4n) is 2.37. The van der Waals surface area contributed by atoms with Gasteiger partial charge in [-0.3, -0.25) is 4.90 Å². The standard InChI is InChI=1S/C11H22N2O/c12-9-10-3-1-2-7-13(10)8-6-11(14)4-5-11/h10,14H,1-9,12H2. The summed E-state index contributed by atoms with van der Waals surface area (Å²) >= 11 is 0. The first kappa shape index (κ1) is 10.4. The maximum atomic E-state index is 9.76. The summed E-state index contributed by atoms with van der Waals surface area (Å²) in [6.07, 6.45) is 6.83. The van der Waals surface area contributed by atoms with Gasteiger partial charge in [0, 0.05) is 19.1 Å². The number of nitrogens with two attached hydrogens (primary N) is 1. The number of rotatable bonds is 4. The van der Waals surface area contributed by atoms with Gasteiger partial charge in [0.1, 0.15) is 0 Å². The van der Waals surface area contributed by atoms with E-state index in [2.05, 4.69) is 4.90 Å². The maximum Gasteiger partial charge on any atom is 0.0662 e. The molecule has 0 aromatic carbocycles. The smallest absolute Gasteiger partial charge is 0.0662 e. The highest BCUT2D eigenvalue weighted by atomic mass is 16.3. The Balaban J connectivity index is 1.76. The van der Waals surface area contributed by atoms with Crippen LogP contribution in [-0.2, 0) is 0 Å². The van der Waals surface area contributed by atoms with Crippen LogP contribution in [0.25, 0.3) is 0 Å². The van der Waals surface area contributed by atoms with E-state index in [1.165, 1.54) is 25.8 Å². The van der Waals surface area contributed by atoms with Crippen LogP contribution in [0.4, 0.5) is 0 Å².